The SMILES string of the molecule is O=C(Nc1ccc(Nc2ccc(Cl)c(Cl)c2)nc1)c1ccc(F)cc1. The number of halogens is 3. The second-order valence-electron chi connectivity index (χ2n) is 5.15. The van der Waals surface area contributed by atoms with Crippen LogP contribution in [0.25, 0.3) is 0 Å². The minimum atomic E-state index is -0.393. The molecule has 0 atom stereocenters. The molecule has 1 amide bonds. The molecule has 0 radical (unpaired) electrons. The minimum absolute atomic E-state index is 0.341. The molecule has 0 aliphatic heterocycles. The van der Waals surface area contributed by atoms with Gasteiger partial charge in [0.1, 0.15) is 11.6 Å². The summed E-state index contributed by atoms with van der Waals surface area (Å²) < 4.78 is 12.9. The molecular formula is C18H12Cl2FN3O. The summed E-state index contributed by atoms with van der Waals surface area (Å²) >= 11 is 11.8. The summed E-state index contributed by atoms with van der Waals surface area (Å²) in [5.74, 6) is -0.152. The number of amides is 1. The van der Waals surface area contributed by atoms with Gasteiger partial charge in [-0.3, -0.25) is 4.79 Å². The first-order chi connectivity index (χ1) is 12.0. The van der Waals surface area contributed by atoms with Crippen molar-refractivity contribution in [3.8, 4) is 0 Å². The monoisotopic (exact) mass is 375 g/mol. The maximum Gasteiger partial charge on any atom is 0.255 e. The van der Waals surface area contributed by atoms with Crippen molar-refractivity contribution in [1.82, 2.24) is 4.98 Å². The summed E-state index contributed by atoms with van der Waals surface area (Å²) in [6, 6.07) is 13.9. The lowest BCUT2D eigenvalue weighted by molar-refractivity contribution is 0.102. The van der Waals surface area contributed by atoms with Crippen LogP contribution in [0.3, 0.4) is 0 Å². The van der Waals surface area contributed by atoms with Crippen LogP contribution in [-0.2, 0) is 0 Å². The van der Waals surface area contributed by atoms with E-state index in [4.69, 9.17) is 23.2 Å². The number of carbonyl (C=O) groups excluding carboxylic acids is 1. The number of anilines is 3. The number of hydrogen-bond donors (Lipinski definition) is 2. The van der Waals surface area contributed by atoms with Gasteiger partial charge in [-0.25, -0.2) is 9.37 Å². The molecule has 2 aromatic carbocycles. The lowest BCUT2D eigenvalue weighted by Gasteiger charge is -2.08. The molecule has 0 fully saturated rings. The second kappa shape index (κ2) is 7.51. The molecule has 1 aromatic heterocycles. The number of hydrogen-bond acceptors (Lipinski definition) is 3. The van der Waals surface area contributed by atoms with Crippen molar-refractivity contribution in [3.05, 3.63) is 82.2 Å². The molecule has 126 valence electrons. The Balaban J connectivity index is 1.66. The highest BCUT2D eigenvalue weighted by atomic mass is 35.5. The van der Waals surface area contributed by atoms with Crippen LogP contribution in [0.5, 0.6) is 0 Å². The number of rotatable bonds is 4. The molecule has 0 saturated carbocycles. The Labute approximate surface area is 153 Å². The molecule has 0 saturated heterocycles. The molecule has 25 heavy (non-hydrogen) atoms. The zero-order valence-corrected chi connectivity index (χ0v) is 14.3. The fourth-order valence-electron chi connectivity index (χ4n) is 2.07. The van der Waals surface area contributed by atoms with Gasteiger partial charge in [0.25, 0.3) is 5.91 Å². The lowest BCUT2D eigenvalue weighted by atomic mass is 10.2. The zero-order valence-electron chi connectivity index (χ0n) is 12.8. The van der Waals surface area contributed by atoms with Gasteiger partial charge in [0.2, 0.25) is 0 Å². The summed E-state index contributed by atoms with van der Waals surface area (Å²) in [6.45, 7) is 0. The lowest BCUT2D eigenvalue weighted by Crippen LogP contribution is -2.12. The molecule has 4 nitrogen and oxygen atoms in total. The van der Waals surface area contributed by atoms with Crippen LogP contribution in [0.4, 0.5) is 21.6 Å². The van der Waals surface area contributed by atoms with Gasteiger partial charge in [0.15, 0.2) is 0 Å². The predicted octanol–water partition coefficient (Wildman–Crippen LogP) is 5.52. The van der Waals surface area contributed by atoms with Crippen LogP contribution in [0.2, 0.25) is 10.0 Å². The molecule has 0 spiro atoms. The van der Waals surface area contributed by atoms with Crippen molar-refractivity contribution in [2.45, 2.75) is 0 Å². The molecule has 0 unspecified atom stereocenters. The van der Waals surface area contributed by atoms with E-state index in [9.17, 15) is 9.18 Å². The van der Waals surface area contributed by atoms with Gasteiger partial charge in [-0.05, 0) is 54.6 Å². The van der Waals surface area contributed by atoms with Gasteiger partial charge in [0.05, 0.1) is 21.9 Å². The molecule has 0 aliphatic carbocycles. The molecule has 2 N–H and O–H groups in total. The van der Waals surface area contributed by atoms with Crippen molar-refractivity contribution in [1.29, 1.82) is 0 Å². The summed E-state index contributed by atoms with van der Waals surface area (Å²) in [5, 5.41) is 6.69. The van der Waals surface area contributed by atoms with Crippen LogP contribution in [0.1, 0.15) is 10.4 Å². The Morgan fingerprint density at radius 1 is 0.920 bits per heavy atom. The number of nitrogens with zero attached hydrogens (tertiary/aromatic N) is 1. The maximum atomic E-state index is 12.9. The van der Waals surface area contributed by atoms with Crippen LogP contribution in [0.15, 0.2) is 60.8 Å². The smallest absolute Gasteiger partial charge is 0.255 e. The summed E-state index contributed by atoms with van der Waals surface area (Å²) in [5.41, 5.74) is 1.62. The fourth-order valence-corrected chi connectivity index (χ4v) is 2.37. The molecule has 0 aliphatic rings. The van der Waals surface area contributed by atoms with Crippen molar-refractivity contribution in [2.75, 3.05) is 10.6 Å². The Hall–Kier alpha value is -2.63. The average Bonchev–Trinajstić information content (AvgIpc) is 2.60. The van der Waals surface area contributed by atoms with E-state index in [0.717, 1.165) is 5.69 Å². The van der Waals surface area contributed by atoms with Gasteiger partial charge in [-0.1, -0.05) is 23.2 Å². The van der Waals surface area contributed by atoms with Crippen molar-refractivity contribution in [3.63, 3.8) is 0 Å². The van der Waals surface area contributed by atoms with Gasteiger partial charge in [0, 0.05) is 11.3 Å². The summed E-state index contributed by atoms with van der Waals surface area (Å²) in [6.07, 6.45) is 1.52. The Kier molecular flexibility index (Phi) is 5.16. The summed E-state index contributed by atoms with van der Waals surface area (Å²) in [4.78, 5) is 16.3. The number of nitrogens with one attached hydrogen (secondary N) is 2. The first-order valence-electron chi connectivity index (χ1n) is 7.26. The third-order valence-electron chi connectivity index (χ3n) is 3.32. The van der Waals surface area contributed by atoms with E-state index in [1.54, 1.807) is 30.3 Å². The zero-order chi connectivity index (χ0) is 17.8. The van der Waals surface area contributed by atoms with E-state index < -0.39 is 5.82 Å². The van der Waals surface area contributed by atoms with Crippen molar-refractivity contribution < 1.29 is 9.18 Å². The Morgan fingerprint density at radius 2 is 1.64 bits per heavy atom. The topological polar surface area (TPSA) is 54.0 Å². The van der Waals surface area contributed by atoms with Crippen molar-refractivity contribution >= 4 is 46.3 Å². The van der Waals surface area contributed by atoms with Gasteiger partial charge in [-0.2, -0.15) is 0 Å². The maximum absolute atomic E-state index is 12.9. The third kappa shape index (κ3) is 4.47. The Morgan fingerprint density at radius 3 is 2.28 bits per heavy atom. The van der Waals surface area contributed by atoms with Gasteiger partial charge < -0.3 is 10.6 Å². The summed E-state index contributed by atoms with van der Waals surface area (Å²) in [7, 11) is 0. The van der Waals surface area contributed by atoms with E-state index in [1.165, 1.54) is 30.5 Å². The largest absolute Gasteiger partial charge is 0.340 e. The third-order valence-corrected chi connectivity index (χ3v) is 4.06. The highest BCUT2D eigenvalue weighted by Crippen LogP contribution is 2.26. The predicted molar refractivity (Wildman–Crippen MR) is 98.3 cm³/mol. The first-order valence-corrected chi connectivity index (χ1v) is 8.02. The van der Waals surface area contributed by atoms with Crippen LogP contribution >= 0.6 is 23.2 Å². The van der Waals surface area contributed by atoms with E-state index in [-0.39, 0.29) is 5.91 Å². The number of pyridine rings is 1. The van der Waals surface area contributed by atoms with E-state index in [1.807, 2.05) is 0 Å². The highest BCUT2D eigenvalue weighted by molar-refractivity contribution is 6.42. The quantitative estimate of drug-likeness (QED) is 0.630. The van der Waals surface area contributed by atoms with E-state index >= 15 is 0 Å². The van der Waals surface area contributed by atoms with Crippen LogP contribution in [0, 0.1) is 5.82 Å². The minimum Gasteiger partial charge on any atom is -0.340 e. The van der Waals surface area contributed by atoms with E-state index in [0.29, 0.717) is 27.1 Å². The molecule has 7 heteroatoms. The second-order valence-corrected chi connectivity index (χ2v) is 5.96. The molecule has 3 aromatic rings. The van der Waals surface area contributed by atoms with Crippen LogP contribution in [-0.4, -0.2) is 10.9 Å². The molecule has 3 rings (SSSR count). The van der Waals surface area contributed by atoms with E-state index in [2.05, 4.69) is 15.6 Å². The number of benzene rings is 2. The number of carbonyl (C=O) groups is 1. The normalized spacial score (nSPS) is 10.4. The molecule has 0 bridgehead atoms. The average molecular weight is 376 g/mol. The van der Waals surface area contributed by atoms with Crippen molar-refractivity contribution in [2.24, 2.45) is 0 Å². The molecular weight excluding hydrogens is 364 g/mol. The highest BCUT2D eigenvalue weighted by Gasteiger charge is 2.07. The standard InChI is InChI=1S/C18H12Cl2FN3O/c19-15-7-5-13(9-16(15)20)23-17-8-6-14(10-22-17)24-18(25)11-1-3-12(21)4-2-11/h1-10H,(H,22,23)(H,24,25). The Bertz CT molecular complexity index is 899. The van der Waals surface area contributed by atoms with Gasteiger partial charge >= 0.3 is 0 Å². The van der Waals surface area contributed by atoms with Gasteiger partial charge in [-0.15, -0.1) is 0 Å². The fraction of sp³-hybridized carbons (Fsp3) is 0. The van der Waals surface area contributed by atoms with Crippen LogP contribution < -0.4 is 10.6 Å². The number of aromatic nitrogens is 1. The first kappa shape index (κ1) is 17.2. The molecule has 1 heterocycles.